The highest BCUT2D eigenvalue weighted by atomic mass is 16.3. The van der Waals surface area contributed by atoms with Crippen molar-refractivity contribution in [3.8, 4) is 0 Å². The van der Waals surface area contributed by atoms with Crippen LogP contribution >= 0.6 is 0 Å². The Balaban J connectivity index is 1.65. The van der Waals surface area contributed by atoms with Gasteiger partial charge >= 0.3 is 0 Å². The molecule has 9 nitrogen and oxygen atoms in total. The van der Waals surface area contributed by atoms with Gasteiger partial charge < -0.3 is 24.8 Å². The maximum atomic E-state index is 13.0. The Morgan fingerprint density at radius 1 is 1.16 bits per heavy atom. The monoisotopic (exact) mass is 443 g/mol. The lowest BCUT2D eigenvalue weighted by molar-refractivity contribution is -0.135. The summed E-state index contributed by atoms with van der Waals surface area (Å²) >= 11 is 0. The summed E-state index contributed by atoms with van der Waals surface area (Å²) < 4.78 is 2.21. The lowest BCUT2D eigenvalue weighted by Crippen LogP contribution is -2.45. The molecule has 9 heteroatoms. The molecule has 3 heterocycles. The van der Waals surface area contributed by atoms with Crippen molar-refractivity contribution in [3.63, 3.8) is 0 Å². The summed E-state index contributed by atoms with van der Waals surface area (Å²) in [7, 11) is 0. The molecule has 4 rings (SSSR count). The largest absolute Gasteiger partial charge is 0.395 e. The number of hydrogen-bond acceptors (Lipinski definition) is 7. The summed E-state index contributed by atoms with van der Waals surface area (Å²) in [4.78, 5) is 31.4. The highest BCUT2D eigenvalue weighted by Crippen LogP contribution is 2.33. The number of carbonyl (C=O) groups excluding carboxylic acids is 1. The topological polar surface area (TPSA) is 99.4 Å². The van der Waals surface area contributed by atoms with E-state index in [-0.39, 0.29) is 18.4 Å². The minimum Gasteiger partial charge on any atom is -0.395 e. The van der Waals surface area contributed by atoms with Gasteiger partial charge in [0.05, 0.1) is 18.9 Å². The molecule has 2 fully saturated rings. The lowest BCUT2D eigenvalue weighted by atomic mass is 9.95. The Hall–Kier alpha value is -2.42. The summed E-state index contributed by atoms with van der Waals surface area (Å²) in [6.45, 7) is 7.45. The summed E-state index contributed by atoms with van der Waals surface area (Å²) in [5, 5.41) is 12.6. The molecule has 1 amide bonds. The number of aliphatic hydroxyl groups is 1. The number of anilines is 2. The van der Waals surface area contributed by atoms with Gasteiger partial charge in [0, 0.05) is 38.8 Å². The first-order valence-electron chi connectivity index (χ1n) is 12.3. The van der Waals surface area contributed by atoms with E-state index in [0.717, 1.165) is 56.5 Å². The van der Waals surface area contributed by atoms with E-state index in [1.807, 2.05) is 25.1 Å². The van der Waals surface area contributed by atoms with Crippen LogP contribution in [0.4, 0.5) is 11.8 Å². The van der Waals surface area contributed by atoms with Crippen LogP contribution < -0.4 is 10.2 Å². The maximum Gasteiger partial charge on any atom is 0.229 e. The fourth-order valence-corrected chi connectivity index (χ4v) is 5.12. The third-order valence-electron chi connectivity index (χ3n) is 6.91. The van der Waals surface area contributed by atoms with Gasteiger partial charge in [-0.1, -0.05) is 19.3 Å². The smallest absolute Gasteiger partial charge is 0.229 e. The van der Waals surface area contributed by atoms with Crippen molar-refractivity contribution in [2.24, 2.45) is 5.92 Å². The van der Waals surface area contributed by atoms with E-state index in [9.17, 15) is 9.90 Å². The number of imidazole rings is 1. The normalized spacial score (nSPS) is 20.0. The molecule has 2 N–H and O–H groups in total. The Labute approximate surface area is 190 Å². The van der Waals surface area contributed by atoms with Gasteiger partial charge in [0.2, 0.25) is 11.9 Å². The predicted octanol–water partition coefficient (Wildman–Crippen LogP) is 2.82. The third kappa shape index (κ3) is 4.67. The molecule has 2 aliphatic rings. The zero-order valence-electron chi connectivity index (χ0n) is 19.5. The van der Waals surface area contributed by atoms with Crippen LogP contribution in [0.2, 0.25) is 0 Å². The molecule has 1 saturated carbocycles. The Morgan fingerprint density at radius 3 is 2.66 bits per heavy atom. The van der Waals surface area contributed by atoms with E-state index < -0.39 is 0 Å². The molecular weight excluding hydrogens is 406 g/mol. The SMILES string of the molecule is CCN(CC)C(=O)C1CCCN(c2nc(NCCO)c3ncn(C4CCCCC4)c3n2)C1. The van der Waals surface area contributed by atoms with Crippen LogP contribution in [-0.2, 0) is 4.79 Å². The quantitative estimate of drug-likeness (QED) is 0.647. The van der Waals surface area contributed by atoms with Crippen LogP contribution in [0.1, 0.15) is 64.8 Å². The van der Waals surface area contributed by atoms with Crippen LogP contribution in [0, 0.1) is 5.92 Å². The van der Waals surface area contributed by atoms with Gasteiger partial charge in [0.1, 0.15) is 0 Å². The molecular formula is C23H37N7O2. The lowest BCUT2D eigenvalue weighted by Gasteiger charge is -2.34. The third-order valence-corrected chi connectivity index (χ3v) is 6.91. The Morgan fingerprint density at radius 2 is 1.94 bits per heavy atom. The Kier molecular flexibility index (Phi) is 7.44. The number of carbonyl (C=O) groups is 1. The molecule has 176 valence electrons. The van der Waals surface area contributed by atoms with Crippen LogP contribution in [0.25, 0.3) is 11.2 Å². The average molecular weight is 444 g/mol. The van der Waals surface area contributed by atoms with Gasteiger partial charge in [-0.25, -0.2) is 4.98 Å². The van der Waals surface area contributed by atoms with Crippen LogP contribution in [0.15, 0.2) is 6.33 Å². The molecule has 32 heavy (non-hydrogen) atoms. The van der Waals surface area contributed by atoms with Crippen molar-refractivity contribution < 1.29 is 9.90 Å². The van der Waals surface area contributed by atoms with Crippen molar-refractivity contribution >= 4 is 28.8 Å². The predicted molar refractivity (Wildman–Crippen MR) is 126 cm³/mol. The fourth-order valence-electron chi connectivity index (χ4n) is 5.12. The summed E-state index contributed by atoms with van der Waals surface area (Å²) in [6, 6.07) is 0.417. The second-order valence-electron chi connectivity index (χ2n) is 8.93. The number of nitrogens with zero attached hydrogens (tertiary/aromatic N) is 6. The van der Waals surface area contributed by atoms with Crippen molar-refractivity contribution in [3.05, 3.63) is 6.33 Å². The van der Waals surface area contributed by atoms with Crippen molar-refractivity contribution in [1.82, 2.24) is 24.4 Å². The number of aliphatic hydroxyl groups excluding tert-OH is 1. The van der Waals surface area contributed by atoms with E-state index in [4.69, 9.17) is 9.97 Å². The summed E-state index contributed by atoms with van der Waals surface area (Å²) in [5.74, 6) is 1.50. The molecule has 1 atom stereocenters. The number of nitrogens with one attached hydrogen (secondary N) is 1. The van der Waals surface area contributed by atoms with E-state index in [2.05, 4.69) is 19.8 Å². The number of fused-ring (bicyclic) bond motifs is 1. The van der Waals surface area contributed by atoms with Gasteiger partial charge in [-0.2, -0.15) is 9.97 Å². The summed E-state index contributed by atoms with van der Waals surface area (Å²) in [6.07, 6.45) is 9.81. The number of hydrogen-bond donors (Lipinski definition) is 2. The van der Waals surface area contributed by atoms with Crippen LogP contribution in [0.3, 0.4) is 0 Å². The first kappa shape index (κ1) is 22.8. The van der Waals surface area contributed by atoms with E-state index in [0.29, 0.717) is 30.9 Å². The number of aromatic nitrogens is 4. The molecule has 1 saturated heterocycles. The van der Waals surface area contributed by atoms with Gasteiger partial charge in [-0.15, -0.1) is 0 Å². The fraction of sp³-hybridized carbons (Fsp3) is 0.739. The van der Waals surface area contributed by atoms with Crippen LogP contribution in [0.5, 0.6) is 0 Å². The van der Waals surface area contributed by atoms with Gasteiger partial charge in [0.15, 0.2) is 17.0 Å². The number of amides is 1. The van der Waals surface area contributed by atoms with E-state index in [1.54, 1.807) is 0 Å². The minimum atomic E-state index is -0.0277. The second kappa shape index (κ2) is 10.5. The Bertz CT molecular complexity index is 905. The van der Waals surface area contributed by atoms with Gasteiger partial charge in [-0.3, -0.25) is 4.79 Å². The number of rotatable bonds is 8. The van der Waals surface area contributed by atoms with Gasteiger partial charge in [-0.05, 0) is 39.5 Å². The highest BCUT2D eigenvalue weighted by molar-refractivity contribution is 5.85. The first-order valence-corrected chi connectivity index (χ1v) is 12.3. The average Bonchev–Trinajstić information content (AvgIpc) is 3.28. The first-order chi connectivity index (χ1) is 15.7. The van der Waals surface area contributed by atoms with E-state index >= 15 is 0 Å². The van der Waals surface area contributed by atoms with Crippen LogP contribution in [-0.4, -0.2) is 74.8 Å². The standard InChI is InChI=1S/C23H37N7O2/c1-3-28(4-2)22(32)17-9-8-13-29(15-17)23-26-20(24-12-14-31)19-21(27-23)30(16-25-19)18-10-6-5-7-11-18/h16-18,31H,3-15H2,1-2H3,(H,24,26,27). The molecule has 1 unspecified atom stereocenters. The molecule has 0 aromatic carbocycles. The zero-order chi connectivity index (χ0) is 22.5. The molecule has 1 aliphatic carbocycles. The zero-order valence-corrected chi connectivity index (χ0v) is 19.5. The van der Waals surface area contributed by atoms with Crippen molar-refractivity contribution in [2.75, 3.05) is 49.5 Å². The molecule has 1 aliphatic heterocycles. The maximum absolute atomic E-state index is 13.0. The number of piperidine rings is 1. The van der Waals surface area contributed by atoms with E-state index in [1.165, 1.54) is 19.3 Å². The molecule has 0 radical (unpaired) electrons. The molecule has 0 spiro atoms. The second-order valence-corrected chi connectivity index (χ2v) is 8.93. The summed E-state index contributed by atoms with van der Waals surface area (Å²) in [5.41, 5.74) is 1.60. The molecule has 2 aromatic heterocycles. The van der Waals surface area contributed by atoms with Crippen molar-refractivity contribution in [2.45, 2.75) is 64.8 Å². The molecule has 0 bridgehead atoms. The molecule has 2 aromatic rings. The van der Waals surface area contributed by atoms with Gasteiger partial charge in [0.25, 0.3) is 0 Å². The van der Waals surface area contributed by atoms with Crippen molar-refractivity contribution in [1.29, 1.82) is 0 Å². The highest BCUT2D eigenvalue weighted by Gasteiger charge is 2.30. The minimum absolute atomic E-state index is 0.0221.